The molecule has 0 aromatic carbocycles. The molecule has 3 N–H and O–H groups in total. The quantitative estimate of drug-likeness (QED) is 0.282. The van der Waals surface area contributed by atoms with Gasteiger partial charge in [0, 0.05) is 38.1 Å². The molecule has 1 aliphatic rings. The van der Waals surface area contributed by atoms with E-state index in [-0.39, 0.29) is 62.5 Å². The lowest BCUT2D eigenvalue weighted by molar-refractivity contribution is -0.0494. The number of aliphatic imine (C=N–C) groups is 1. The number of nitrogens with one attached hydrogen (secondary N) is 2. The van der Waals surface area contributed by atoms with Crippen molar-refractivity contribution in [1.29, 1.82) is 0 Å². The number of pyridine rings is 1. The minimum absolute atomic E-state index is 0. The first-order chi connectivity index (χ1) is 13.1. The van der Waals surface area contributed by atoms with E-state index in [1.165, 1.54) is 0 Å². The second-order valence-corrected chi connectivity index (χ2v) is 8.21. The van der Waals surface area contributed by atoms with Gasteiger partial charge in [-0.1, -0.05) is 0 Å². The van der Waals surface area contributed by atoms with Gasteiger partial charge in [0.1, 0.15) is 0 Å². The van der Waals surface area contributed by atoms with E-state index in [4.69, 9.17) is 0 Å². The standard InChI is InChI=1S/C16H24F3N5O3S.HI/c1-2-21-15(22-11-14(25)12-3-7-20-8-4-12)23-13-5-9-24(10-6-13)28(26,27)16(17,18)19;/h3-4,7-8,13-14,25H,2,5-6,9-11H2,1H3,(H2,21,22,23);1H. The Bertz CT molecular complexity index is 757. The molecule has 2 rings (SSSR count). The number of hydrogen-bond acceptors (Lipinski definition) is 5. The summed E-state index contributed by atoms with van der Waals surface area (Å²) in [5.41, 5.74) is -4.62. The topological polar surface area (TPSA) is 107 Å². The second-order valence-electron chi connectivity index (χ2n) is 6.28. The molecule has 0 bridgehead atoms. The van der Waals surface area contributed by atoms with E-state index < -0.39 is 21.6 Å². The van der Waals surface area contributed by atoms with Crippen LogP contribution in [0.15, 0.2) is 29.5 Å². The highest BCUT2D eigenvalue weighted by atomic mass is 127. The van der Waals surface area contributed by atoms with Crippen LogP contribution in [-0.4, -0.2) is 66.5 Å². The number of halogens is 4. The number of rotatable bonds is 6. The van der Waals surface area contributed by atoms with Gasteiger partial charge in [0.05, 0.1) is 12.6 Å². The van der Waals surface area contributed by atoms with E-state index in [1.807, 2.05) is 6.92 Å². The number of nitrogens with zero attached hydrogens (tertiary/aromatic N) is 3. The smallest absolute Gasteiger partial charge is 0.386 e. The number of guanidine groups is 1. The van der Waals surface area contributed by atoms with Crippen molar-refractivity contribution in [3.05, 3.63) is 30.1 Å². The summed E-state index contributed by atoms with van der Waals surface area (Å²) in [6, 6.07) is 3.13. The van der Waals surface area contributed by atoms with Crippen molar-refractivity contribution in [2.24, 2.45) is 4.99 Å². The molecule has 2 heterocycles. The van der Waals surface area contributed by atoms with Crippen LogP contribution in [0.4, 0.5) is 13.2 Å². The van der Waals surface area contributed by atoms with E-state index in [0.717, 1.165) is 0 Å². The fourth-order valence-electron chi connectivity index (χ4n) is 2.77. The summed E-state index contributed by atoms with van der Waals surface area (Å²) in [4.78, 5) is 8.18. The fourth-order valence-corrected chi connectivity index (χ4v) is 3.75. The summed E-state index contributed by atoms with van der Waals surface area (Å²) in [6.45, 7) is 2.05. The zero-order valence-corrected chi connectivity index (χ0v) is 18.9. The van der Waals surface area contributed by atoms with Gasteiger partial charge in [-0.15, -0.1) is 24.0 Å². The van der Waals surface area contributed by atoms with Crippen LogP contribution < -0.4 is 10.6 Å². The summed E-state index contributed by atoms with van der Waals surface area (Å²) >= 11 is 0. The normalized spacial score (nSPS) is 18.0. The van der Waals surface area contributed by atoms with Crippen molar-refractivity contribution in [1.82, 2.24) is 19.9 Å². The molecule has 1 atom stereocenters. The van der Waals surface area contributed by atoms with Gasteiger partial charge in [0.2, 0.25) is 0 Å². The predicted molar refractivity (Wildman–Crippen MR) is 113 cm³/mol. The fraction of sp³-hybridized carbons (Fsp3) is 0.625. The van der Waals surface area contributed by atoms with Crippen LogP contribution in [0.1, 0.15) is 31.4 Å². The maximum Gasteiger partial charge on any atom is 0.511 e. The highest BCUT2D eigenvalue weighted by Gasteiger charge is 2.50. The first-order valence-corrected chi connectivity index (χ1v) is 10.3. The van der Waals surface area contributed by atoms with Crippen LogP contribution in [0, 0.1) is 0 Å². The summed E-state index contributed by atoms with van der Waals surface area (Å²) in [6.07, 6.45) is 2.74. The molecule has 0 aliphatic carbocycles. The van der Waals surface area contributed by atoms with E-state index in [0.29, 0.717) is 22.4 Å². The Morgan fingerprint density at radius 1 is 1.34 bits per heavy atom. The first-order valence-electron chi connectivity index (χ1n) is 8.84. The Kier molecular flexibility index (Phi) is 10.0. The summed E-state index contributed by atoms with van der Waals surface area (Å²) in [5.74, 6) is 0.410. The van der Waals surface area contributed by atoms with Crippen LogP contribution in [0.5, 0.6) is 0 Å². The van der Waals surface area contributed by atoms with Crippen LogP contribution in [0.25, 0.3) is 0 Å². The lowest BCUT2D eigenvalue weighted by Gasteiger charge is -2.32. The average molecular weight is 551 g/mol. The minimum Gasteiger partial charge on any atom is -0.386 e. The van der Waals surface area contributed by atoms with Gasteiger partial charge >= 0.3 is 15.5 Å². The van der Waals surface area contributed by atoms with Gasteiger partial charge in [0.25, 0.3) is 0 Å². The number of hydrogen-bond donors (Lipinski definition) is 3. The second kappa shape index (κ2) is 11.3. The van der Waals surface area contributed by atoms with Crippen LogP contribution in [-0.2, 0) is 10.0 Å². The third kappa shape index (κ3) is 7.22. The van der Waals surface area contributed by atoms with Crippen molar-refractivity contribution >= 4 is 40.0 Å². The number of piperidine rings is 1. The molecule has 8 nitrogen and oxygen atoms in total. The van der Waals surface area contributed by atoms with Crippen LogP contribution in [0.2, 0.25) is 0 Å². The molecule has 1 unspecified atom stereocenters. The summed E-state index contributed by atoms with van der Waals surface area (Å²) < 4.78 is 61.3. The lowest BCUT2D eigenvalue weighted by atomic mass is 10.1. The Balaban J connectivity index is 0.00000420. The molecule has 0 radical (unpaired) electrons. The van der Waals surface area contributed by atoms with E-state index >= 15 is 0 Å². The zero-order valence-electron chi connectivity index (χ0n) is 15.8. The van der Waals surface area contributed by atoms with E-state index in [9.17, 15) is 26.7 Å². The van der Waals surface area contributed by atoms with E-state index in [1.54, 1.807) is 24.5 Å². The van der Waals surface area contributed by atoms with Crippen LogP contribution >= 0.6 is 24.0 Å². The molecular formula is C16H25F3IN5O3S. The monoisotopic (exact) mass is 551 g/mol. The summed E-state index contributed by atoms with van der Waals surface area (Å²) in [5, 5.41) is 16.3. The highest BCUT2D eigenvalue weighted by Crippen LogP contribution is 2.28. The molecular weight excluding hydrogens is 526 g/mol. The van der Waals surface area contributed by atoms with Crippen molar-refractivity contribution < 1.29 is 26.7 Å². The van der Waals surface area contributed by atoms with Crippen molar-refractivity contribution in [2.45, 2.75) is 37.4 Å². The number of sulfonamides is 1. The molecule has 13 heteroatoms. The lowest BCUT2D eigenvalue weighted by Crippen LogP contribution is -2.51. The van der Waals surface area contributed by atoms with Gasteiger partial charge in [-0.05, 0) is 37.5 Å². The Hall–Kier alpha value is -1.19. The molecule has 0 amide bonds. The molecule has 1 aromatic rings. The number of aromatic nitrogens is 1. The van der Waals surface area contributed by atoms with Gasteiger partial charge < -0.3 is 15.7 Å². The molecule has 0 saturated carbocycles. The number of aliphatic hydroxyl groups is 1. The summed E-state index contributed by atoms with van der Waals surface area (Å²) in [7, 11) is -5.29. The molecule has 1 aliphatic heterocycles. The molecule has 29 heavy (non-hydrogen) atoms. The number of alkyl halides is 3. The molecule has 166 valence electrons. The van der Waals surface area contributed by atoms with E-state index in [2.05, 4.69) is 20.6 Å². The van der Waals surface area contributed by atoms with Crippen LogP contribution in [0.3, 0.4) is 0 Å². The first kappa shape index (κ1) is 25.8. The minimum atomic E-state index is -5.29. The third-order valence-electron chi connectivity index (χ3n) is 4.28. The molecule has 0 spiro atoms. The Morgan fingerprint density at radius 2 is 1.93 bits per heavy atom. The van der Waals surface area contributed by atoms with Crippen molar-refractivity contribution in [3.63, 3.8) is 0 Å². The van der Waals surface area contributed by atoms with Gasteiger partial charge in [-0.25, -0.2) is 8.42 Å². The predicted octanol–water partition coefficient (Wildman–Crippen LogP) is 1.60. The average Bonchev–Trinajstić information content (AvgIpc) is 2.66. The van der Waals surface area contributed by atoms with Gasteiger partial charge in [0.15, 0.2) is 5.96 Å². The van der Waals surface area contributed by atoms with Gasteiger partial charge in [-0.3, -0.25) is 9.98 Å². The molecule has 1 fully saturated rings. The van der Waals surface area contributed by atoms with Crippen molar-refractivity contribution in [2.75, 3.05) is 26.2 Å². The zero-order chi connectivity index (χ0) is 20.8. The highest BCUT2D eigenvalue weighted by molar-refractivity contribution is 14.0. The number of aliphatic hydroxyl groups excluding tert-OH is 1. The largest absolute Gasteiger partial charge is 0.511 e. The molecule has 1 aromatic heterocycles. The van der Waals surface area contributed by atoms with Gasteiger partial charge in [-0.2, -0.15) is 17.5 Å². The molecule has 1 saturated heterocycles. The Labute approximate surface area is 185 Å². The third-order valence-corrected chi connectivity index (χ3v) is 5.91. The maximum atomic E-state index is 12.6. The SMILES string of the molecule is CCNC(=NCC(O)c1ccncc1)NC1CCN(S(=O)(=O)C(F)(F)F)CC1.I. The maximum absolute atomic E-state index is 12.6. The Morgan fingerprint density at radius 3 is 2.45 bits per heavy atom. The van der Waals surface area contributed by atoms with Crippen molar-refractivity contribution in [3.8, 4) is 0 Å².